The Morgan fingerprint density at radius 3 is 2.08 bits per heavy atom. The molecule has 0 heterocycles. The van der Waals surface area contributed by atoms with E-state index in [0.29, 0.717) is 0 Å². The summed E-state index contributed by atoms with van der Waals surface area (Å²) in [6.07, 6.45) is -0.597. The molecule has 0 unspecified atom stereocenters. The van der Waals surface area contributed by atoms with E-state index in [0.717, 1.165) is 18.2 Å². The number of alkyl halides is 3. The third-order valence-electron chi connectivity index (χ3n) is 2.65. The first-order valence-electron chi connectivity index (χ1n) is 7.53. The summed E-state index contributed by atoms with van der Waals surface area (Å²) in [5.74, 6) is -1.52. The van der Waals surface area contributed by atoms with E-state index in [9.17, 15) is 26.0 Å². The van der Waals surface area contributed by atoms with Gasteiger partial charge in [0.05, 0.1) is 6.61 Å². The molecule has 0 atom stereocenters. The molecule has 1 aromatic rings. The van der Waals surface area contributed by atoms with E-state index in [4.69, 9.17) is 14.0 Å². The molecule has 0 amide bonds. The van der Waals surface area contributed by atoms with Gasteiger partial charge >= 0.3 is 22.9 Å². The van der Waals surface area contributed by atoms with E-state index >= 15 is 0 Å². The first-order chi connectivity index (χ1) is 11.8. The fourth-order valence-corrected chi connectivity index (χ4v) is 2.11. The van der Waals surface area contributed by atoms with Crippen LogP contribution in [0, 0.1) is 5.82 Å². The van der Waals surface area contributed by atoms with Crippen molar-refractivity contribution in [2.24, 2.45) is 0 Å². The Hall–Kier alpha value is -1.37. The number of halogens is 4. The van der Waals surface area contributed by atoms with Crippen molar-refractivity contribution in [3.05, 3.63) is 29.6 Å². The summed E-state index contributed by atoms with van der Waals surface area (Å²) in [7, 11) is -7.09. The van der Waals surface area contributed by atoms with Crippen molar-refractivity contribution in [3.8, 4) is 5.75 Å². The van der Waals surface area contributed by atoms with Crippen LogP contribution < -0.4 is 4.18 Å². The molecular weight excluding hydrogens is 383 g/mol. The maximum atomic E-state index is 13.4. The van der Waals surface area contributed by atoms with Gasteiger partial charge in [-0.3, -0.25) is 0 Å². The van der Waals surface area contributed by atoms with E-state index in [1.165, 1.54) is 0 Å². The molecule has 0 saturated carbocycles. The molecule has 12 heteroatoms. The van der Waals surface area contributed by atoms with Gasteiger partial charge in [0.15, 0.2) is 0 Å². The zero-order valence-electron chi connectivity index (χ0n) is 14.5. The molecule has 148 valence electrons. The molecule has 0 aliphatic heterocycles. The maximum absolute atomic E-state index is 13.4. The van der Waals surface area contributed by atoms with Gasteiger partial charge in [0.2, 0.25) is 0 Å². The van der Waals surface area contributed by atoms with Crippen molar-refractivity contribution in [1.29, 1.82) is 0 Å². The molecule has 0 fully saturated rings. The minimum Gasteiger partial charge on any atom is -0.384 e. The lowest BCUT2D eigenvalue weighted by Gasteiger charge is -2.19. The van der Waals surface area contributed by atoms with Crippen molar-refractivity contribution in [3.63, 3.8) is 0 Å². The molecule has 6 nitrogen and oxygen atoms in total. The van der Waals surface area contributed by atoms with Gasteiger partial charge in [-0.15, -0.1) is 0 Å². The lowest BCUT2D eigenvalue weighted by Crippen LogP contribution is -2.32. The molecule has 0 aliphatic rings. The molecular formula is C14H19BF4O6S. The molecule has 0 spiro atoms. The predicted molar refractivity (Wildman–Crippen MR) is 85.0 cm³/mol. The van der Waals surface area contributed by atoms with Gasteiger partial charge in [0.25, 0.3) is 0 Å². The first-order valence-corrected chi connectivity index (χ1v) is 8.94. The standard InChI is InChI=1S/C14H19BF4O6S/c1-9(2)23-15(24-10(3)4)22-8-11-7-12(16)5-6-13(11)25-26(20,21)14(17,18)19/h5-7,9-10H,8H2,1-4H3. The van der Waals surface area contributed by atoms with Crippen LogP contribution in [0.15, 0.2) is 18.2 Å². The normalized spacial score (nSPS) is 12.7. The summed E-state index contributed by atoms with van der Waals surface area (Å²) in [5.41, 5.74) is -5.88. The number of rotatable bonds is 9. The first kappa shape index (κ1) is 22.7. The fourth-order valence-electron chi connectivity index (χ4n) is 1.62. The largest absolute Gasteiger partial charge is 0.640 e. The van der Waals surface area contributed by atoms with Gasteiger partial charge in [-0.05, 0) is 45.9 Å². The second-order valence-corrected chi connectivity index (χ2v) is 7.24. The molecule has 0 aliphatic carbocycles. The molecule has 0 N–H and O–H groups in total. The Morgan fingerprint density at radius 1 is 1.08 bits per heavy atom. The summed E-state index contributed by atoms with van der Waals surface area (Å²) in [6, 6.07) is 2.32. The van der Waals surface area contributed by atoms with Crippen LogP contribution in [0.4, 0.5) is 17.6 Å². The lowest BCUT2D eigenvalue weighted by atomic mass is 10.1. The average molecular weight is 402 g/mol. The smallest absolute Gasteiger partial charge is 0.384 e. The molecule has 1 aromatic carbocycles. The molecule has 0 bridgehead atoms. The molecule has 1 rings (SSSR count). The Bertz CT molecular complexity index is 683. The van der Waals surface area contributed by atoms with E-state index in [2.05, 4.69) is 4.18 Å². The monoisotopic (exact) mass is 402 g/mol. The lowest BCUT2D eigenvalue weighted by molar-refractivity contribution is -0.0500. The summed E-state index contributed by atoms with van der Waals surface area (Å²) in [4.78, 5) is 0. The molecule has 26 heavy (non-hydrogen) atoms. The second kappa shape index (κ2) is 9.02. The van der Waals surface area contributed by atoms with Gasteiger partial charge < -0.3 is 18.1 Å². The van der Waals surface area contributed by atoms with Crippen LogP contribution in [0.3, 0.4) is 0 Å². The number of hydrogen-bond donors (Lipinski definition) is 0. The summed E-state index contributed by atoms with van der Waals surface area (Å²) >= 11 is 0. The topological polar surface area (TPSA) is 71.1 Å². The van der Waals surface area contributed by atoms with Crippen molar-refractivity contribution in [2.75, 3.05) is 0 Å². The van der Waals surface area contributed by atoms with Crippen LogP contribution in [0.2, 0.25) is 0 Å². The predicted octanol–water partition coefficient (Wildman–Crippen LogP) is 3.41. The average Bonchev–Trinajstić information content (AvgIpc) is 2.44. The summed E-state index contributed by atoms with van der Waals surface area (Å²) in [5, 5.41) is 0. The second-order valence-electron chi connectivity index (χ2n) is 5.70. The highest BCUT2D eigenvalue weighted by Crippen LogP contribution is 2.29. The molecule has 0 aromatic heterocycles. The third kappa shape index (κ3) is 7.10. The van der Waals surface area contributed by atoms with E-state index in [1.54, 1.807) is 27.7 Å². The minimum atomic E-state index is -5.90. The van der Waals surface area contributed by atoms with Crippen molar-refractivity contribution < 1.29 is 44.1 Å². The van der Waals surface area contributed by atoms with E-state index in [-0.39, 0.29) is 17.8 Å². The Balaban J connectivity index is 2.99. The van der Waals surface area contributed by atoms with Gasteiger partial charge in [-0.2, -0.15) is 21.6 Å². The number of hydrogen-bond acceptors (Lipinski definition) is 6. The van der Waals surface area contributed by atoms with Gasteiger partial charge in [-0.1, -0.05) is 0 Å². The van der Waals surface area contributed by atoms with Crippen LogP contribution in [0.5, 0.6) is 5.75 Å². The summed E-state index contributed by atoms with van der Waals surface area (Å²) in [6.45, 7) is 6.29. The van der Waals surface area contributed by atoms with Gasteiger partial charge in [0, 0.05) is 17.8 Å². The highest BCUT2D eigenvalue weighted by atomic mass is 32.2. The van der Waals surface area contributed by atoms with Crippen LogP contribution >= 0.6 is 0 Å². The van der Waals surface area contributed by atoms with E-state index in [1.807, 2.05) is 0 Å². The maximum Gasteiger partial charge on any atom is 0.640 e. The van der Waals surface area contributed by atoms with Crippen molar-refractivity contribution >= 4 is 17.4 Å². The van der Waals surface area contributed by atoms with Crippen LogP contribution in [0.1, 0.15) is 33.3 Å². The highest BCUT2D eigenvalue weighted by Gasteiger charge is 2.48. The zero-order valence-corrected chi connectivity index (χ0v) is 15.4. The highest BCUT2D eigenvalue weighted by molar-refractivity contribution is 7.88. The Kier molecular flexibility index (Phi) is 7.87. The molecule has 0 saturated heterocycles. The number of benzene rings is 1. The summed E-state index contributed by atoms with van der Waals surface area (Å²) < 4.78 is 93.2. The van der Waals surface area contributed by atoms with Gasteiger partial charge in [-0.25, -0.2) is 4.39 Å². The fraction of sp³-hybridized carbons (Fsp3) is 0.571. The molecule has 0 radical (unpaired) electrons. The van der Waals surface area contributed by atoms with Gasteiger partial charge in [0.1, 0.15) is 11.6 Å². The van der Waals surface area contributed by atoms with Crippen molar-refractivity contribution in [2.45, 2.75) is 52.0 Å². The Labute approximate surface area is 149 Å². The van der Waals surface area contributed by atoms with Crippen molar-refractivity contribution in [1.82, 2.24) is 0 Å². The SMILES string of the molecule is CC(C)OB(OCc1cc(F)ccc1OS(=O)(=O)C(F)(F)F)OC(C)C. The third-order valence-corrected chi connectivity index (χ3v) is 3.61. The zero-order chi connectivity index (χ0) is 20.1. The minimum absolute atomic E-state index is 0.262. The quantitative estimate of drug-likeness (QED) is 0.273. The van der Waals surface area contributed by atoms with Crippen LogP contribution in [-0.2, 0) is 30.7 Å². The van der Waals surface area contributed by atoms with Crippen LogP contribution in [0.25, 0.3) is 0 Å². The van der Waals surface area contributed by atoms with Crippen LogP contribution in [-0.4, -0.2) is 33.5 Å². The Morgan fingerprint density at radius 2 is 1.62 bits per heavy atom. The van der Waals surface area contributed by atoms with E-state index < -0.39 is 41.1 Å².